The molecule has 1 saturated heterocycles. The van der Waals surface area contributed by atoms with E-state index in [0.717, 1.165) is 30.4 Å². The lowest BCUT2D eigenvalue weighted by molar-refractivity contribution is -0.796. The Labute approximate surface area is 250 Å². The highest BCUT2D eigenvalue weighted by molar-refractivity contribution is 5.76. The summed E-state index contributed by atoms with van der Waals surface area (Å²) < 4.78 is -0.728. The molecule has 0 N–H and O–H groups in total. The fraction of sp³-hybridized carbons (Fsp3) is 0.639. The van der Waals surface area contributed by atoms with Crippen molar-refractivity contribution < 1.29 is 14.3 Å². The lowest BCUT2D eigenvalue weighted by Crippen LogP contribution is -2.47. The molecule has 228 valence electrons. The topological polar surface area (TPSA) is 52.6 Å². The van der Waals surface area contributed by atoms with Crippen LogP contribution in [-0.2, 0) is 22.7 Å². The lowest BCUT2D eigenvalue weighted by atomic mass is 10.0. The number of rotatable bonds is 23. The summed E-state index contributed by atoms with van der Waals surface area (Å²) >= 11 is 0. The van der Waals surface area contributed by atoms with Crippen LogP contribution in [0.25, 0.3) is 0 Å². The molecule has 1 amide bonds. The zero-order valence-electron chi connectivity index (χ0n) is 25.8. The second-order valence-corrected chi connectivity index (χ2v) is 12.1. The average molecular weight is 565 g/mol. The fourth-order valence-electron chi connectivity index (χ4n) is 5.94. The molecule has 2 aromatic carbocycles. The van der Waals surface area contributed by atoms with E-state index < -0.39 is 10.8 Å². The van der Waals surface area contributed by atoms with Gasteiger partial charge in [-0.15, -0.1) is 0 Å². The molecule has 1 aliphatic heterocycles. The first kappa shape index (κ1) is 33.5. The monoisotopic (exact) mass is 564 g/mol. The first-order valence-corrected chi connectivity index (χ1v) is 16.7. The Morgan fingerprint density at radius 3 is 1.54 bits per heavy atom. The van der Waals surface area contributed by atoms with Crippen LogP contribution in [0.2, 0.25) is 0 Å². The number of hydroxylamine groups is 5. The maximum Gasteiger partial charge on any atom is 0.344 e. The number of quaternary nitrogens is 1. The average Bonchev–Trinajstić information content (AvgIpc) is 3.26. The molecule has 2 unspecified atom stereocenters. The maximum atomic E-state index is 13.4. The van der Waals surface area contributed by atoms with Crippen LogP contribution in [0.4, 0.5) is 0 Å². The Balaban J connectivity index is 1.27. The summed E-state index contributed by atoms with van der Waals surface area (Å²) in [5.41, 5.74) is 2.23. The van der Waals surface area contributed by atoms with Crippen molar-refractivity contribution >= 4 is 5.91 Å². The Kier molecular flexibility index (Phi) is 16.3. The van der Waals surface area contributed by atoms with Crippen LogP contribution < -0.4 is 0 Å². The second kappa shape index (κ2) is 20.0. The number of hydrogen-bond donors (Lipinski definition) is 0. The van der Waals surface area contributed by atoms with Crippen LogP contribution in [0.5, 0.6) is 0 Å². The molecule has 1 aliphatic rings. The van der Waals surface area contributed by atoms with E-state index in [1.165, 1.54) is 83.5 Å². The zero-order valence-corrected chi connectivity index (χ0v) is 25.8. The Hall–Kier alpha value is -2.05. The van der Waals surface area contributed by atoms with Crippen molar-refractivity contribution in [3.05, 3.63) is 77.0 Å². The van der Waals surface area contributed by atoms with E-state index in [4.69, 9.17) is 4.84 Å². The van der Waals surface area contributed by atoms with Gasteiger partial charge in [-0.3, -0.25) is 9.48 Å². The standard InChI is InChI=1S/C36H56N2O3/c1-2-3-4-5-6-7-8-9-10-11-12-13-14-15-16-23-29-38(40)30-28-35(36(38)39)41-37(31-33-24-19-17-20-25-33)32-34-26-21-18-22-27-34/h17-22,24-27,35H,2-16,23,28-32H2,1H3. The highest BCUT2D eigenvalue weighted by Gasteiger charge is 2.44. The molecule has 0 aromatic heterocycles. The van der Waals surface area contributed by atoms with Crippen molar-refractivity contribution in [2.24, 2.45) is 0 Å². The van der Waals surface area contributed by atoms with E-state index in [2.05, 4.69) is 31.2 Å². The third-order valence-electron chi connectivity index (χ3n) is 8.48. The molecule has 2 aromatic rings. The van der Waals surface area contributed by atoms with Crippen LogP contribution in [0.3, 0.4) is 0 Å². The van der Waals surface area contributed by atoms with Crippen molar-refractivity contribution in [1.82, 2.24) is 5.06 Å². The molecule has 2 atom stereocenters. The quantitative estimate of drug-likeness (QED) is 0.0584. The third kappa shape index (κ3) is 13.2. The van der Waals surface area contributed by atoms with E-state index in [1.807, 2.05) is 41.5 Å². The van der Waals surface area contributed by atoms with Gasteiger partial charge in [-0.05, 0) is 24.0 Å². The highest BCUT2D eigenvalue weighted by atomic mass is 16.7. The summed E-state index contributed by atoms with van der Waals surface area (Å²) in [6.07, 6.45) is 20.6. The molecular weight excluding hydrogens is 508 g/mol. The molecule has 5 heteroatoms. The zero-order chi connectivity index (χ0) is 29.0. The molecule has 0 radical (unpaired) electrons. The van der Waals surface area contributed by atoms with Gasteiger partial charge in [0.1, 0.15) is 0 Å². The molecule has 0 aliphatic carbocycles. The largest absolute Gasteiger partial charge is 0.625 e. The number of carbonyl (C=O) groups excluding carboxylic acids is 1. The normalized spacial score (nSPS) is 18.9. The summed E-state index contributed by atoms with van der Waals surface area (Å²) in [7, 11) is 0. The summed E-state index contributed by atoms with van der Waals surface area (Å²) in [4.78, 5) is 19.4. The van der Waals surface area contributed by atoms with Gasteiger partial charge in [-0.1, -0.05) is 157 Å². The highest BCUT2D eigenvalue weighted by Crippen LogP contribution is 2.26. The summed E-state index contributed by atoms with van der Waals surface area (Å²) in [5, 5.41) is 15.2. The summed E-state index contributed by atoms with van der Waals surface area (Å²) in [6, 6.07) is 20.3. The first-order chi connectivity index (χ1) is 20.1. The van der Waals surface area contributed by atoms with E-state index in [1.54, 1.807) is 0 Å². The Morgan fingerprint density at radius 1 is 0.683 bits per heavy atom. The second-order valence-electron chi connectivity index (χ2n) is 12.1. The molecule has 0 spiro atoms. The SMILES string of the molecule is CCCCCCCCCCCCCCCCCC[N+]1([O-])CCC(ON(Cc2ccccc2)Cc2ccccc2)C1=O. The molecule has 5 nitrogen and oxygen atoms in total. The van der Waals surface area contributed by atoms with Gasteiger partial charge in [0.25, 0.3) is 0 Å². The number of amides is 1. The van der Waals surface area contributed by atoms with E-state index in [-0.39, 0.29) is 5.91 Å². The number of hydrogen-bond acceptors (Lipinski definition) is 4. The molecule has 1 heterocycles. The van der Waals surface area contributed by atoms with Gasteiger partial charge in [-0.25, -0.2) is 4.79 Å². The van der Waals surface area contributed by atoms with Crippen molar-refractivity contribution in [1.29, 1.82) is 0 Å². The number of likely N-dealkylation sites (tertiary alicyclic amines) is 1. The van der Waals surface area contributed by atoms with Gasteiger partial charge in [0.15, 0.2) is 6.10 Å². The van der Waals surface area contributed by atoms with E-state index in [9.17, 15) is 10.0 Å². The van der Waals surface area contributed by atoms with E-state index in [0.29, 0.717) is 32.6 Å². The van der Waals surface area contributed by atoms with E-state index >= 15 is 0 Å². The van der Waals surface area contributed by atoms with Gasteiger partial charge in [0.2, 0.25) is 0 Å². The van der Waals surface area contributed by atoms with Gasteiger partial charge >= 0.3 is 5.91 Å². The van der Waals surface area contributed by atoms with Crippen LogP contribution in [0, 0.1) is 5.21 Å². The molecule has 3 rings (SSSR count). The van der Waals surface area contributed by atoms with Crippen molar-refractivity contribution in [3.8, 4) is 0 Å². The summed E-state index contributed by atoms with van der Waals surface area (Å²) in [5.74, 6) is -0.308. The summed E-state index contributed by atoms with van der Waals surface area (Å²) in [6.45, 7) is 4.12. The minimum absolute atomic E-state index is 0.308. The Morgan fingerprint density at radius 2 is 1.10 bits per heavy atom. The van der Waals surface area contributed by atoms with Gasteiger partial charge in [-0.2, -0.15) is 5.06 Å². The number of unbranched alkanes of at least 4 members (excludes halogenated alkanes) is 15. The van der Waals surface area contributed by atoms with Crippen LogP contribution in [0.1, 0.15) is 127 Å². The number of benzene rings is 2. The minimum Gasteiger partial charge on any atom is -0.625 e. The van der Waals surface area contributed by atoms with Crippen molar-refractivity contribution in [2.75, 3.05) is 13.1 Å². The smallest absolute Gasteiger partial charge is 0.344 e. The third-order valence-corrected chi connectivity index (χ3v) is 8.48. The van der Waals surface area contributed by atoms with Crippen molar-refractivity contribution in [2.45, 2.75) is 135 Å². The van der Waals surface area contributed by atoms with Gasteiger partial charge in [0.05, 0.1) is 13.1 Å². The predicted octanol–water partition coefficient (Wildman–Crippen LogP) is 9.50. The molecule has 41 heavy (non-hydrogen) atoms. The molecule has 0 bridgehead atoms. The molecular formula is C36H56N2O3. The maximum absolute atomic E-state index is 13.4. The van der Waals surface area contributed by atoms with Crippen LogP contribution in [-0.4, -0.2) is 34.8 Å². The van der Waals surface area contributed by atoms with Crippen molar-refractivity contribution in [3.63, 3.8) is 0 Å². The van der Waals surface area contributed by atoms with Gasteiger partial charge in [0, 0.05) is 19.5 Å². The molecule has 0 saturated carbocycles. The first-order valence-electron chi connectivity index (χ1n) is 16.7. The van der Waals surface area contributed by atoms with Gasteiger partial charge < -0.3 is 5.21 Å². The fourth-order valence-corrected chi connectivity index (χ4v) is 5.94. The number of nitrogens with zero attached hydrogens (tertiary/aromatic N) is 2. The van der Waals surface area contributed by atoms with Crippen LogP contribution in [0.15, 0.2) is 60.7 Å². The van der Waals surface area contributed by atoms with Crippen LogP contribution >= 0.6 is 0 Å². The minimum atomic E-state index is -0.728. The Bertz CT molecular complexity index is 897. The molecule has 1 fully saturated rings. The number of carbonyl (C=O) groups is 1. The lowest BCUT2D eigenvalue weighted by Gasteiger charge is -2.35. The predicted molar refractivity (Wildman–Crippen MR) is 170 cm³/mol.